The maximum absolute atomic E-state index is 13.5. The van der Waals surface area contributed by atoms with Crippen LogP contribution in [-0.4, -0.2) is 48.2 Å². The van der Waals surface area contributed by atoms with E-state index in [1.165, 1.54) is 0 Å². The molecule has 4 rings (SSSR count). The summed E-state index contributed by atoms with van der Waals surface area (Å²) in [6, 6.07) is 7.21. The number of sulfonamides is 1. The van der Waals surface area contributed by atoms with Gasteiger partial charge in [0.1, 0.15) is 5.60 Å². The van der Waals surface area contributed by atoms with Crippen molar-refractivity contribution in [2.45, 2.75) is 90.6 Å². The number of rotatable bonds is 7. The van der Waals surface area contributed by atoms with E-state index >= 15 is 0 Å². The topological polar surface area (TPSA) is 96.3 Å². The van der Waals surface area contributed by atoms with E-state index in [0.717, 1.165) is 52.8 Å². The van der Waals surface area contributed by atoms with Crippen molar-refractivity contribution in [2.75, 3.05) is 13.1 Å². The van der Waals surface area contributed by atoms with E-state index in [0.29, 0.717) is 30.8 Å². The number of aliphatic carboxylic acids is 1. The Morgan fingerprint density at radius 1 is 1.16 bits per heavy atom. The molecule has 1 unspecified atom stereocenters. The molecule has 1 aliphatic heterocycles. The lowest BCUT2D eigenvalue weighted by atomic mass is 9.71. The van der Waals surface area contributed by atoms with E-state index in [9.17, 15) is 18.3 Å². The zero-order valence-electron chi connectivity index (χ0n) is 22.9. The molecule has 0 aromatic heterocycles. The van der Waals surface area contributed by atoms with Gasteiger partial charge in [-0.2, -0.15) is 4.31 Å². The van der Waals surface area contributed by atoms with Crippen molar-refractivity contribution in [2.24, 2.45) is 16.5 Å². The van der Waals surface area contributed by atoms with E-state index < -0.39 is 21.6 Å². The average Bonchev–Trinajstić information content (AvgIpc) is 3.41. The van der Waals surface area contributed by atoms with Crippen molar-refractivity contribution < 1.29 is 23.2 Å². The van der Waals surface area contributed by atoms with Crippen LogP contribution in [0.4, 0.5) is 0 Å². The fourth-order valence-electron chi connectivity index (χ4n) is 5.84. The van der Waals surface area contributed by atoms with E-state index in [-0.39, 0.29) is 17.8 Å². The fraction of sp³-hybridized carbons (Fsp3) is 0.586. The first-order valence-corrected chi connectivity index (χ1v) is 14.6. The molecule has 37 heavy (non-hydrogen) atoms. The van der Waals surface area contributed by atoms with Crippen LogP contribution in [0.25, 0.3) is 0 Å². The molecule has 1 fully saturated rings. The minimum absolute atomic E-state index is 0.00534. The highest BCUT2D eigenvalue weighted by atomic mass is 32.2. The van der Waals surface area contributed by atoms with Crippen molar-refractivity contribution in [1.29, 1.82) is 0 Å². The van der Waals surface area contributed by atoms with Gasteiger partial charge < -0.3 is 9.94 Å². The van der Waals surface area contributed by atoms with Gasteiger partial charge in [-0.3, -0.25) is 4.79 Å². The number of allylic oxidation sites excluding steroid dienone is 4. The van der Waals surface area contributed by atoms with Crippen LogP contribution < -0.4 is 0 Å². The van der Waals surface area contributed by atoms with Gasteiger partial charge in [-0.25, -0.2) is 8.42 Å². The Bertz CT molecular complexity index is 1280. The number of carbonyl (C=O) groups is 1. The van der Waals surface area contributed by atoms with Crippen molar-refractivity contribution in [1.82, 2.24) is 4.31 Å². The Labute approximate surface area is 221 Å². The number of benzene rings is 1. The SMILES string of the molecule is CC1=C(Cc2ccccc2S(=O)(=O)N2CCCC2)C2=C(CC(C)(C)CC2=NOC(C)(C)C)C1CC(=O)O. The van der Waals surface area contributed by atoms with Gasteiger partial charge in [0, 0.05) is 24.6 Å². The molecule has 1 heterocycles. The number of hydrogen-bond acceptors (Lipinski definition) is 5. The third-order valence-corrected chi connectivity index (χ3v) is 9.48. The Morgan fingerprint density at radius 3 is 2.43 bits per heavy atom. The van der Waals surface area contributed by atoms with Gasteiger partial charge in [0.05, 0.1) is 17.0 Å². The highest BCUT2D eigenvalue weighted by Gasteiger charge is 2.42. The molecule has 0 saturated carbocycles. The third kappa shape index (κ3) is 5.85. The van der Waals surface area contributed by atoms with Gasteiger partial charge in [-0.05, 0) is 82.4 Å². The first-order chi connectivity index (χ1) is 17.2. The largest absolute Gasteiger partial charge is 0.481 e. The number of oxime groups is 1. The van der Waals surface area contributed by atoms with E-state index in [1.54, 1.807) is 16.4 Å². The van der Waals surface area contributed by atoms with Gasteiger partial charge in [0.25, 0.3) is 0 Å². The first-order valence-electron chi connectivity index (χ1n) is 13.2. The molecule has 1 aromatic carbocycles. The predicted molar refractivity (Wildman–Crippen MR) is 145 cm³/mol. The van der Waals surface area contributed by atoms with Crippen LogP contribution in [-0.2, 0) is 26.1 Å². The summed E-state index contributed by atoms with van der Waals surface area (Å²) in [5, 5.41) is 14.4. The molecule has 0 bridgehead atoms. The van der Waals surface area contributed by atoms with Crippen LogP contribution in [0.2, 0.25) is 0 Å². The molecule has 7 nitrogen and oxygen atoms in total. The number of carboxylic acids is 1. The minimum atomic E-state index is -3.61. The summed E-state index contributed by atoms with van der Waals surface area (Å²) in [7, 11) is -3.61. The van der Waals surface area contributed by atoms with Crippen molar-refractivity contribution in [3.63, 3.8) is 0 Å². The van der Waals surface area contributed by atoms with Crippen LogP contribution in [0.1, 0.15) is 79.2 Å². The van der Waals surface area contributed by atoms with Gasteiger partial charge in [-0.15, -0.1) is 0 Å². The molecule has 1 atom stereocenters. The normalized spacial score (nSPS) is 23.6. The fourth-order valence-corrected chi connectivity index (χ4v) is 7.58. The Hall–Kier alpha value is -2.45. The zero-order valence-corrected chi connectivity index (χ0v) is 23.7. The summed E-state index contributed by atoms with van der Waals surface area (Å²) < 4.78 is 28.7. The molecule has 3 aliphatic rings. The van der Waals surface area contributed by atoms with Crippen LogP contribution >= 0.6 is 0 Å². The second kappa shape index (κ2) is 10.0. The molecule has 1 N–H and O–H groups in total. The lowest BCUT2D eigenvalue weighted by Gasteiger charge is -2.34. The van der Waals surface area contributed by atoms with Gasteiger partial charge in [0.2, 0.25) is 10.0 Å². The lowest BCUT2D eigenvalue weighted by Crippen LogP contribution is -2.29. The number of carboxylic acid groups (broad SMARTS) is 1. The number of nitrogens with zero attached hydrogens (tertiary/aromatic N) is 2. The predicted octanol–water partition coefficient (Wildman–Crippen LogP) is 5.72. The molecular weight excluding hydrogens is 488 g/mol. The summed E-state index contributed by atoms with van der Waals surface area (Å²) in [6.07, 6.45) is 3.63. The second-order valence-corrected chi connectivity index (χ2v) is 14.3. The van der Waals surface area contributed by atoms with Gasteiger partial charge in [-0.1, -0.05) is 48.3 Å². The first kappa shape index (κ1) is 27.6. The van der Waals surface area contributed by atoms with Crippen molar-refractivity contribution in [3.8, 4) is 0 Å². The molecule has 0 amide bonds. The summed E-state index contributed by atoms with van der Waals surface area (Å²) >= 11 is 0. The highest BCUT2D eigenvalue weighted by molar-refractivity contribution is 7.89. The smallest absolute Gasteiger partial charge is 0.304 e. The van der Waals surface area contributed by atoms with E-state index in [4.69, 9.17) is 4.84 Å². The Kier molecular flexibility index (Phi) is 7.47. The van der Waals surface area contributed by atoms with Gasteiger partial charge in [0.15, 0.2) is 0 Å². The number of hydrogen-bond donors (Lipinski definition) is 1. The maximum atomic E-state index is 13.5. The standard InChI is InChI=1S/C29H40N2O5S/c1-19-21(16-26(32)33)23-17-29(5,6)18-24(30-36-28(2,3)4)27(23)22(19)15-20-11-7-8-12-25(20)37(34,35)31-13-9-10-14-31/h7-8,11-12,21H,9-10,13-18H2,1-6H3,(H,32,33). The Balaban J connectivity index is 1.83. The molecule has 1 saturated heterocycles. The van der Waals surface area contributed by atoms with Crippen molar-refractivity contribution >= 4 is 21.7 Å². The molecule has 0 radical (unpaired) electrons. The Morgan fingerprint density at radius 2 is 1.81 bits per heavy atom. The van der Waals surface area contributed by atoms with E-state index in [2.05, 4.69) is 19.0 Å². The van der Waals surface area contributed by atoms with Crippen LogP contribution in [0.3, 0.4) is 0 Å². The quantitative estimate of drug-likeness (QED) is 0.457. The zero-order chi connectivity index (χ0) is 27.2. The van der Waals surface area contributed by atoms with Crippen LogP contribution in [0.5, 0.6) is 0 Å². The minimum Gasteiger partial charge on any atom is -0.481 e. The maximum Gasteiger partial charge on any atom is 0.304 e. The van der Waals surface area contributed by atoms with Crippen LogP contribution in [0, 0.1) is 11.3 Å². The lowest BCUT2D eigenvalue weighted by molar-refractivity contribution is -0.137. The molecule has 8 heteroatoms. The van der Waals surface area contributed by atoms with Gasteiger partial charge >= 0.3 is 5.97 Å². The van der Waals surface area contributed by atoms with Crippen LogP contribution in [0.15, 0.2) is 56.6 Å². The molecule has 2 aliphatic carbocycles. The molecule has 202 valence electrons. The summed E-state index contributed by atoms with van der Waals surface area (Å²) in [4.78, 5) is 18.1. The molecule has 0 spiro atoms. The van der Waals surface area contributed by atoms with Crippen molar-refractivity contribution in [3.05, 3.63) is 52.1 Å². The molecule has 1 aromatic rings. The van der Waals surface area contributed by atoms with E-state index in [1.807, 2.05) is 39.8 Å². The highest BCUT2D eigenvalue weighted by Crippen LogP contribution is 2.51. The summed E-state index contributed by atoms with van der Waals surface area (Å²) in [5.74, 6) is -1.08. The summed E-state index contributed by atoms with van der Waals surface area (Å²) in [5.41, 5.74) is 5.02. The average molecular weight is 529 g/mol. The monoisotopic (exact) mass is 528 g/mol. The summed E-state index contributed by atoms with van der Waals surface area (Å²) in [6.45, 7) is 13.3. The third-order valence-electron chi connectivity index (χ3n) is 7.48. The second-order valence-electron chi connectivity index (χ2n) is 12.4. The molecular formula is C29H40N2O5S.